The molecule has 2 heteroatoms. The van der Waals surface area contributed by atoms with E-state index in [0.29, 0.717) is 17.8 Å². The first-order chi connectivity index (χ1) is 7.00. The summed E-state index contributed by atoms with van der Waals surface area (Å²) in [4.78, 5) is 0. The minimum atomic E-state index is 0.129. The van der Waals surface area contributed by atoms with E-state index in [2.05, 4.69) is 41.5 Å². The summed E-state index contributed by atoms with van der Waals surface area (Å²) in [6.45, 7) is 13.9. The third kappa shape index (κ3) is 2.85. The minimum Gasteiger partial charge on any atom is -0.422 e. The van der Waals surface area contributed by atoms with Crippen LogP contribution in [0.1, 0.15) is 60.8 Å². The van der Waals surface area contributed by atoms with Crippen LogP contribution in [0.15, 0.2) is 0 Å². The third-order valence-electron chi connectivity index (χ3n) is 4.50. The molecule has 15 heavy (non-hydrogen) atoms. The highest BCUT2D eigenvalue weighted by Gasteiger charge is 2.43. The Balaban J connectivity index is 5.09. The molecule has 0 rings (SSSR count). The number of rotatable bonds is 7. The molecule has 0 spiro atoms. The van der Waals surface area contributed by atoms with Crippen molar-refractivity contribution in [3.63, 3.8) is 0 Å². The van der Waals surface area contributed by atoms with Gasteiger partial charge in [-0.05, 0) is 17.8 Å². The summed E-state index contributed by atoms with van der Waals surface area (Å²) < 4.78 is 6.13. The van der Waals surface area contributed by atoms with Crippen molar-refractivity contribution in [2.45, 2.75) is 66.4 Å². The highest BCUT2D eigenvalue weighted by atomic mass is 28.2. The molecule has 0 saturated carbocycles. The molecule has 0 amide bonds. The summed E-state index contributed by atoms with van der Waals surface area (Å²) in [7, 11) is 0.853. The van der Waals surface area contributed by atoms with Crippen LogP contribution in [0, 0.1) is 17.8 Å². The first-order valence-corrected chi connectivity index (χ1v) is 7.37. The van der Waals surface area contributed by atoms with Gasteiger partial charge >= 0.3 is 0 Å². The predicted octanol–water partition coefficient (Wildman–Crippen LogP) is 3.16. The van der Waals surface area contributed by atoms with Crippen LogP contribution in [0.3, 0.4) is 0 Å². The van der Waals surface area contributed by atoms with Crippen LogP contribution >= 0.6 is 0 Å². The van der Waals surface area contributed by atoms with Crippen molar-refractivity contribution >= 4 is 10.5 Å². The fourth-order valence-corrected chi connectivity index (χ4v) is 4.22. The van der Waals surface area contributed by atoms with E-state index in [0.717, 1.165) is 10.5 Å². The summed E-state index contributed by atoms with van der Waals surface area (Å²) >= 11 is 0. The molecule has 3 atom stereocenters. The standard InChI is InChI=1S/C13H30OSi/c1-7-10(4)13(14-15,11(5)8-2)12(6)9-3/h10-12H,7-9H2,1-6,15H3. The quantitative estimate of drug-likeness (QED) is 0.611. The fraction of sp³-hybridized carbons (Fsp3) is 1.00. The monoisotopic (exact) mass is 230 g/mol. The van der Waals surface area contributed by atoms with E-state index >= 15 is 0 Å². The van der Waals surface area contributed by atoms with E-state index < -0.39 is 0 Å². The Morgan fingerprint density at radius 1 is 0.867 bits per heavy atom. The second-order valence-corrected chi connectivity index (χ2v) is 5.39. The van der Waals surface area contributed by atoms with Crippen molar-refractivity contribution in [2.75, 3.05) is 0 Å². The zero-order valence-corrected chi connectivity index (χ0v) is 13.8. The Morgan fingerprint density at radius 2 is 1.13 bits per heavy atom. The van der Waals surface area contributed by atoms with Gasteiger partial charge in [0, 0.05) is 0 Å². The van der Waals surface area contributed by atoms with E-state index in [1.807, 2.05) is 0 Å². The van der Waals surface area contributed by atoms with Crippen LogP contribution in [0.5, 0.6) is 0 Å². The molecule has 92 valence electrons. The molecule has 0 aliphatic heterocycles. The molecule has 0 heterocycles. The van der Waals surface area contributed by atoms with Gasteiger partial charge in [0.15, 0.2) is 0 Å². The molecule has 0 aliphatic rings. The summed E-state index contributed by atoms with van der Waals surface area (Å²) in [6.07, 6.45) is 3.66. The van der Waals surface area contributed by atoms with Gasteiger partial charge in [-0.15, -0.1) is 0 Å². The van der Waals surface area contributed by atoms with E-state index in [1.165, 1.54) is 19.3 Å². The molecular weight excluding hydrogens is 200 g/mol. The zero-order chi connectivity index (χ0) is 12.1. The highest BCUT2D eigenvalue weighted by molar-refractivity contribution is 5.98. The second-order valence-electron chi connectivity index (χ2n) is 4.99. The molecule has 0 saturated heterocycles. The van der Waals surface area contributed by atoms with Crippen LogP contribution in [-0.4, -0.2) is 16.1 Å². The fourth-order valence-electron chi connectivity index (χ4n) is 3.02. The van der Waals surface area contributed by atoms with Crippen molar-refractivity contribution in [3.8, 4) is 0 Å². The molecule has 0 aromatic heterocycles. The highest BCUT2D eigenvalue weighted by Crippen LogP contribution is 2.41. The molecular formula is C13H30OSi. The van der Waals surface area contributed by atoms with Gasteiger partial charge in [-0.25, -0.2) is 0 Å². The van der Waals surface area contributed by atoms with Crippen molar-refractivity contribution in [2.24, 2.45) is 17.8 Å². The van der Waals surface area contributed by atoms with E-state index in [4.69, 9.17) is 4.43 Å². The van der Waals surface area contributed by atoms with Crippen LogP contribution < -0.4 is 0 Å². The van der Waals surface area contributed by atoms with Crippen LogP contribution in [0.2, 0.25) is 0 Å². The van der Waals surface area contributed by atoms with Crippen molar-refractivity contribution in [1.29, 1.82) is 0 Å². The van der Waals surface area contributed by atoms with E-state index in [9.17, 15) is 0 Å². The smallest absolute Gasteiger partial charge is 0.146 e. The Kier molecular flexibility index (Phi) is 6.77. The molecule has 0 N–H and O–H groups in total. The second kappa shape index (κ2) is 6.69. The molecule has 0 aromatic rings. The number of hydrogen-bond donors (Lipinski definition) is 0. The first kappa shape index (κ1) is 15.2. The Hall–Kier alpha value is 0.177. The lowest BCUT2D eigenvalue weighted by atomic mass is 9.68. The van der Waals surface area contributed by atoms with Gasteiger partial charge in [0.05, 0.1) is 5.60 Å². The van der Waals surface area contributed by atoms with Crippen molar-refractivity contribution in [1.82, 2.24) is 0 Å². The maximum absolute atomic E-state index is 6.13. The molecule has 0 aromatic carbocycles. The van der Waals surface area contributed by atoms with Gasteiger partial charge < -0.3 is 4.43 Å². The van der Waals surface area contributed by atoms with Crippen LogP contribution in [0.25, 0.3) is 0 Å². The zero-order valence-electron chi connectivity index (χ0n) is 11.8. The predicted molar refractivity (Wildman–Crippen MR) is 72.1 cm³/mol. The Morgan fingerprint density at radius 3 is 1.27 bits per heavy atom. The van der Waals surface area contributed by atoms with Gasteiger partial charge in [0.2, 0.25) is 0 Å². The largest absolute Gasteiger partial charge is 0.422 e. The lowest BCUT2D eigenvalue weighted by molar-refractivity contribution is -0.0763. The van der Waals surface area contributed by atoms with Crippen LogP contribution in [-0.2, 0) is 4.43 Å². The SMILES string of the molecule is CCC(C)C(O[SiH3])(C(C)CC)C(C)CC. The lowest BCUT2D eigenvalue weighted by Gasteiger charge is -2.47. The van der Waals surface area contributed by atoms with Gasteiger partial charge in [0.1, 0.15) is 10.5 Å². The summed E-state index contributed by atoms with van der Waals surface area (Å²) in [6, 6.07) is 0. The molecule has 1 nitrogen and oxygen atoms in total. The van der Waals surface area contributed by atoms with Gasteiger partial charge in [-0.2, -0.15) is 0 Å². The molecule has 0 radical (unpaired) electrons. The minimum absolute atomic E-state index is 0.129. The van der Waals surface area contributed by atoms with Crippen LogP contribution in [0.4, 0.5) is 0 Å². The summed E-state index contributed by atoms with van der Waals surface area (Å²) in [5, 5.41) is 0. The summed E-state index contributed by atoms with van der Waals surface area (Å²) in [5.74, 6) is 2.00. The average Bonchev–Trinajstić information content (AvgIpc) is 2.29. The first-order valence-electron chi connectivity index (χ1n) is 6.56. The molecule has 0 aliphatic carbocycles. The topological polar surface area (TPSA) is 9.23 Å². The maximum Gasteiger partial charge on any atom is 0.146 e. The van der Waals surface area contributed by atoms with Crippen molar-refractivity contribution in [3.05, 3.63) is 0 Å². The number of hydrogen-bond acceptors (Lipinski definition) is 1. The van der Waals surface area contributed by atoms with E-state index in [1.54, 1.807) is 0 Å². The molecule has 0 fully saturated rings. The van der Waals surface area contributed by atoms with Gasteiger partial charge in [-0.3, -0.25) is 0 Å². The Bertz CT molecular complexity index is 143. The third-order valence-corrected chi connectivity index (χ3v) is 5.21. The average molecular weight is 230 g/mol. The summed E-state index contributed by atoms with van der Waals surface area (Å²) in [5.41, 5.74) is 0.129. The lowest BCUT2D eigenvalue weighted by Crippen LogP contribution is -2.50. The molecule has 3 unspecified atom stereocenters. The normalized spacial score (nSPS) is 22.0. The maximum atomic E-state index is 6.13. The molecule has 0 bridgehead atoms. The van der Waals surface area contributed by atoms with Crippen molar-refractivity contribution < 1.29 is 4.43 Å². The van der Waals surface area contributed by atoms with E-state index in [-0.39, 0.29) is 5.60 Å². The van der Waals surface area contributed by atoms with Gasteiger partial charge in [-0.1, -0.05) is 60.8 Å². The van der Waals surface area contributed by atoms with Gasteiger partial charge in [0.25, 0.3) is 0 Å². The Labute approximate surface area is 99.5 Å².